The van der Waals surface area contributed by atoms with Gasteiger partial charge in [-0.3, -0.25) is 4.79 Å². The summed E-state index contributed by atoms with van der Waals surface area (Å²) >= 11 is 0. The van der Waals surface area contributed by atoms with Gasteiger partial charge in [0, 0.05) is 6.42 Å². The number of unbranched alkanes of at least 4 members (excludes halogenated alkanes) is 15. The van der Waals surface area contributed by atoms with Gasteiger partial charge in [-0.1, -0.05) is 109 Å². The lowest BCUT2D eigenvalue weighted by molar-refractivity contribution is -0.359. The molecule has 0 radical (unpaired) electrons. The molecule has 0 aromatic carbocycles. The predicted octanol–water partition coefficient (Wildman–Crippen LogP) is 3.04. The minimum Gasteiger partial charge on any atom is -0.394 e. The Hall–Kier alpha value is -1.53. The van der Waals surface area contributed by atoms with Crippen molar-refractivity contribution in [3.63, 3.8) is 0 Å². The molecule has 0 aromatic rings. The van der Waals surface area contributed by atoms with Crippen LogP contribution in [0.4, 0.5) is 0 Å². The standard InChI is InChI=1S/C41H75NO13/c1-3-5-7-9-11-13-14-15-17-19-21-23-25-33(46)42-29(30(45)24-22-20-18-16-12-10-8-6-4-2)28-52-40-38(51)36(49)39(32(27-44)54-40)55-41-37(50)35(48)34(47)31(26-43)53-41/h11,13,22,24,29-32,34-41,43-45,47-51H,3-10,12,14-21,23,25-28H2,1-2H3,(H,42,46)/b13-11-,24-22+. The Morgan fingerprint density at radius 3 is 1.76 bits per heavy atom. The number of hydrogen-bond donors (Lipinski definition) is 9. The fourth-order valence-electron chi connectivity index (χ4n) is 6.81. The van der Waals surface area contributed by atoms with Crippen molar-refractivity contribution >= 4 is 5.91 Å². The maximum absolute atomic E-state index is 13.0. The van der Waals surface area contributed by atoms with Gasteiger partial charge < -0.3 is 65.1 Å². The van der Waals surface area contributed by atoms with Crippen LogP contribution in [0.15, 0.2) is 24.3 Å². The van der Waals surface area contributed by atoms with E-state index >= 15 is 0 Å². The van der Waals surface area contributed by atoms with Crippen LogP contribution < -0.4 is 5.32 Å². The number of allylic oxidation sites excluding steroid dienone is 3. The fourth-order valence-corrected chi connectivity index (χ4v) is 6.81. The minimum absolute atomic E-state index is 0.255. The smallest absolute Gasteiger partial charge is 0.220 e. The number of ether oxygens (including phenoxy) is 4. The number of carbonyl (C=O) groups is 1. The second-order valence-electron chi connectivity index (χ2n) is 15.1. The maximum atomic E-state index is 13.0. The molecule has 0 aromatic heterocycles. The average Bonchev–Trinajstić information content (AvgIpc) is 3.18. The van der Waals surface area contributed by atoms with Crippen molar-refractivity contribution < 1.29 is 64.6 Å². The maximum Gasteiger partial charge on any atom is 0.220 e. The Bertz CT molecular complexity index is 1030. The lowest BCUT2D eigenvalue weighted by atomic mass is 9.97. The van der Waals surface area contributed by atoms with Gasteiger partial charge in [0.15, 0.2) is 12.6 Å². The molecule has 2 aliphatic heterocycles. The van der Waals surface area contributed by atoms with Gasteiger partial charge in [-0.25, -0.2) is 0 Å². The molecule has 9 N–H and O–H groups in total. The molecule has 2 aliphatic rings. The highest BCUT2D eigenvalue weighted by atomic mass is 16.7. The van der Waals surface area contributed by atoms with E-state index in [0.29, 0.717) is 6.42 Å². The number of aliphatic hydroxyl groups excluding tert-OH is 8. The zero-order chi connectivity index (χ0) is 40.4. The molecule has 2 saturated heterocycles. The van der Waals surface area contributed by atoms with Gasteiger partial charge >= 0.3 is 0 Å². The van der Waals surface area contributed by atoms with Gasteiger partial charge in [-0.2, -0.15) is 0 Å². The highest BCUT2D eigenvalue weighted by molar-refractivity contribution is 5.76. The molecule has 322 valence electrons. The van der Waals surface area contributed by atoms with Gasteiger partial charge in [0.1, 0.15) is 48.8 Å². The SMILES string of the molecule is CCCCC/C=C\CCCCCCCC(=O)NC(COC1OC(CO)C(OC2OC(CO)C(O)C(O)C2O)C(O)C1O)C(O)/C=C/CCCCCCCCC. The summed E-state index contributed by atoms with van der Waals surface area (Å²) in [7, 11) is 0. The van der Waals surface area contributed by atoms with E-state index in [4.69, 9.17) is 18.9 Å². The first kappa shape index (κ1) is 49.6. The van der Waals surface area contributed by atoms with Crippen molar-refractivity contribution in [1.82, 2.24) is 5.32 Å². The van der Waals surface area contributed by atoms with Gasteiger partial charge in [0.2, 0.25) is 5.91 Å². The van der Waals surface area contributed by atoms with Crippen molar-refractivity contribution in [1.29, 1.82) is 0 Å². The molecule has 0 aliphatic carbocycles. The zero-order valence-corrected chi connectivity index (χ0v) is 33.4. The number of rotatable bonds is 30. The van der Waals surface area contributed by atoms with Crippen LogP contribution in [-0.2, 0) is 23.7 Å². The number of carbonyl (C=O) groups excluding carboxylic acids is 1. The number of amides is 1. The summed E-state index contributed by atoms with van der Waals surface area (Å²) in [5.41, 5.74) is 0. The Morgan fingerprint density at radius 2 is 1.15 bits per heavy atom. The van der Waals surface area contributed by atoms with Crippen molar-refractivity contribution in [2.45, 2.75) is 209 Å². The van der Waals surface area contributed by atoms with Crippen LogP contribution in [0.5, 0.6) is 0 Å². The van der Waals surface area contributed by atoms with Crippen LogP contribution in [0.3, 0.4) is 0 Å². The largest absolute Gasteiger partial charge is 0.394 e. The minimum atomic E-state index is -1.78. The summed E-state index contributed by atoms with van der Waals surface area (Å²) in [6.07, 6.45) is 11.0. The van der Waals surface area contributed by atoms with Crippen LogP contribution in [-0.4, -0.2) is 140 Å². The van der Waals surface area contributed by atoms with Crippen molar-refractivity contribution in [2.24, 2.45) is 0 Å². The average molecular weight is 790 g/mol. The highest BCUT2D eigenvalue weighted by Crippen LogP contribution is 2.29. The molecule has 55 heavy (non-hydrogen) atoms. The van der Waals surface area contributed by atoms with Crippen LogP contribution in [0, 0.1) is 0 Å². The monoisotopic (exact) mass is 790 g/mol. The first-order valence-corrected chi connectivity index (χ1v) is 21.1. The van der Waals surface area contributed by atoms with Gasteiger partial charge in [-0.15, -0.1) is 0 Å². The van der Waals surface area contributed by atoms with Crippen LogP contribution >= 0.6 is 0 Å². The third kappa shape index (κ3) is 18.7. The molecular weight excluding hydrogens is 714 g/mol. The summed E-state index contributed by atoms with van der Waals surface area (Å²) in [5.74, 6) is -0.255. The third-order valence-corrected chi connectivity index (χ3v) is 10.4. The highest BCUT2D eigenvalue weighted by Gasteiger charge is 2.50. The molecule has 2 heterocycles. The first-order valence-electron chi connectivity index (χ1n) is 21.1. The Kier molecular flexibility index (Phi) is 26.7. The van der Waals surface area contributed by atoms with Crippen LogP contribution in [0.25, 0.3) is 0 Å². The second-order valence-corrected chi connectivity index (χ2v) is 15.1. The quantitative estimate of drug-likeness (QED) is 0.0377. The molecule has 2 rings (SSSR count). The van der Waals surface area contributed by atoms with Crippen LogP contribution in [0.2, 0.25) is 0 Å². The molecule has 0 spiro atoms. The molecule has 1 amide bonds. The Balaban J connectivity index is 1.94. The lowest BCUT2D eigenvalue weighted by Crippen LogP contribution is -2.65. The molecule has 12 atom stereocenters. The number of aliphatic hydroxyl groups is 8. The molecule has 2 fully saturated rings. The normalized spacial score (nSPS) is 29.9. The molecule has 14 nitrogen and oxygen atoms in total. The van der Waals surface area contributed by atoms with E-state index in [1.54, 1.807) is 6.08 Å². The van der Waals surface area contributed by atoms with E-state index in [1.807, 2.05) is 6.08 Å². The predicted molar refractivity (Wildman–Crippen MR) is 208 cm³/mol. The number of hydrogen-bond acceptors (Lipinski definition) is 13. The summed E-state index contributed by atoms with van der Waals surface area (Å²) in [4.78, 5) is 13.0. The summed E-state index contributed by atoms with van der Waals surface area (Å²) in [6.45, 7) is 2.67. The van der Waals surface area contributed by atoms with E-state index in [1.165, 1.54) is 44.9 Å². The molecule has 0 saturated carbocycles. The van der Waals surface area contributed by atoms with Crippen LogP contribution in [0.1, 0.15) is 136 Å². The molecular formula is C41H75NO13. The van der Waals surface area contributed by atoms with E-state index in [2.05, 4.69) is 31.3 Å². The molecule has 14 heteroatoms. The van der Waals surface area contributed by atoms with Crippen molar-refractivity contribution in [3.05, 3.63) is 24.3 Å². The first-order chi connectivity index (χ1) is 26.6. The zero-order valence-electron chi connectivity index (χ0n) is 33.4. The fraction of sp³-hybridized carbons (Fsp3) is 0.878. The van der Waals surface area contributed by atoms with Gasteiger partial charge in [0.25, 0.3) is 0 Å². The van der Waals surface area contributed by atoms with E-state index < -0.39 is 86.8 Å². The Labute approximate surface area is 328 Å². The van der Waals surface area contributed by atoms with E-state index in [-0.39, 0.29) is 18.9 Å². The summed E-state index contributed by atoms with van der Waals surface area (Å²) in [5, 5.41) is 86.1. The Morgan fingerprint density at radius 1 is 0.636 bits per heavy atom. The van der Waals surface area contributed by atoms with Gasteiger partial charge in [0.05, 0.1) is 32.0 Å². The molecule has 0 bridgehead atoms. The summed E-state index contributed by atoms with van der Waals surface area (Å²) < 4.78 is 22.5. The van der Waals surface area contributed by atoms with Crippen molar-refractivity contribution in [3.8, 4) is 0 Å². The summed E-state index contributed by atoms with van der Waals surface area (Å²) in [6, 6.07) is -0.912. The van der Waals surface area contributed by atoms with E-state index in [0.717, 1.165) is 64.2 Å². The van der Waals surface area contributed by atoms with Crippen molar-refractivity contribution in [2.75, 3.05) is 19.8 Å². The third-order valence-electron chi connectivity index (χ3n) is 10.4. The topological polar surface area (TPSA) is 228 Å². The van der Waals surface area contributed by atoms with E-state index in [9.17, 15) is 45.6 Å². The second kappa shape index (κ2) is 29.6. The molecule has 12 unspecified atom stereocenters. The van der Waals surface area contributed by atoms with Gasteiger partial charge in [-0.05, 0) is 44.9 Å². The lowest BCUT2D eigenvalue weighted by Gasteiger charge is -2.46. The number of nitrogens with one attached hydrogen (secondary N) is 1.